The summed E-state index contributed by atoms with van der Waals surface area (Å²) in [5.41, 5.74) is 0.440. The van der Waals surface area contributed by atoms with Crippen LogP contribution in [0.15, 0.2) is 24.3 Å². The number of carbonyl (C=O) groups excluding carboxylic acids is 1. The largest absolute Gasteiger partial charge is 0.480 e. The van der Waals surface area contributed by atoms with Gasteiger partial charge in [0.2, 0.25) is 0 Å². The predicted molar refractivity (Wildman–Crippen MR) is 67.8 cm³/mol. The monoisotopic (exact) mass is 267 g/mol. The van der Waals surface area contributed by atoms with E-state index in [1.807, 2.05) is 0 Å². The van der Waals surface area contributed by atoms with Gasteiger partial charge in [-0.15, -0.1) is 0 Å². The van der Waals surface area contributed by atoms with Crippen LogP contribution in [0.5, 0.6) is 0 Å². The van der Waals surface area contributed by atoms with E-state index in [-0.39, 0.29) is 5.91 Å². The number of hydrogen-bond donors (Lipinski definition) is 1. The zero-order valence-corrected chi connectivity index (χ0v) is 10.6. The Kier molecular flexibility index (Phi) is 3.87. The fourth-order valence-electron chi connectivity index (χ4n) is 2.22. The second-order valence-corrected chi connectivity index (χ2v) is 4.80. The van der Waals surface area contributed by atoms with Gasteiger partial charge < -0.3 is 10.0 Å². The Hall–Kier alpha value is -1.55. The molecular weight excluding hydrogens is 254 g/mol. The topological polar surface area (TPSA) is 57.6 Å². The van der Waals surface area contributed by atoms with Gasteiger partial charge in [0.05, 0.1) is 0 Å². The Balaban J connectivity index is 2.23. The van der Waals surface area contributed by atoms with Gasteiger partial charge in [0, 0.05) is 17.1 Å². The molecule has 1 aliphatic rings. The molecule has 18 heavy (non-hydrogen) atoms. The third-order valence-corrected chi connectivity index (χ3v) is 3.36. The van der Waals surface area contributed by atoms with Crippen LogP contribution in [-0.4, -0.2) is 34.5 Å². The quantitative estimate of drug-likeness (QED) is 0.895. The Morgan fingerprint density at radius 3 is 2.78 bits per heavy atom. The number of carboxylic acid groups (broad SMARTS) is 1. The highest BCUT2D eigenvalue weighted by Crippen LogP contribution is 2.21. The lowest BCUT2D eigenvalue weighted by atomic mass is 10.0. The SMILES string of the molecule is O=C(O)C1CCCCN1C(=O)c1cccc(Cl)c1. The molecule has 1 aromatic rings. The number of rotatable bonds is 2. The number of amides is 1. The molecule has 1 N–H and O–H groups in total. The van der Waals surface area contributed by atoms with Crippen LogP contribution in [0.3, 0.4) is 0 Å². The standard InChI is InChI=1S/C13H14ClNO3/c14-10-5-3-4-9(8-10)12(16)15-7-2-1-6-11(15)13(17)18/h3-5,8,11H,1-2,6-7H2,(H,17,18). The molecule has 4 nitrogen and oxygen atoms in total. The van der Waals surface area contributed by atoms with Crippen molar-refractivity contribution in [3.63, 3.8) is 0 Å². The van der Waals surface area contributed by atoms with Gasteiger partial charge in [-0.3, -0.25) is 4.79 Å². The fraction of sp³-hybridized carbons (Fsp3) is 0.385. The number of carbonyl (C=O) groups is 2. The van der Waals surface area contributed by atoms with Crippen molar-refractivity contribution in [1.29, 1.82) is 0 Å². The molecule has 0 aliphatic carbocycles. The normalized spacial score (nSPS) is 19.6. The second-order valence-electron chi connectivity index (χ2n) is 4.36. The van der Waals surface area contributed by atoms with Crippen molar-refractivity contribution in [2.45, 2.75) is 25.3 Å². The van der Waals surface area contributed by atoms with Crippen molar-refractivity contribution < 1.29 is 14.7 Å². The number of halogens is 1. The van der Waals surface area contributed by atoms with E-state index in [9.17, 15) is 9.59 Å². The molecule has 1 saturated heterocycles. The smallest absolute Gasteiger partial charge is 0.326 e. The van der Waals surface area contributed by atoms with Crippen molar-refractivity contribution in [3.05, 3.63) is 34.9 Å². The first kappa shape index (κ1) is 12.9. The molecule has 1 unspecified atom stereocenters. The van der Waals surface area contributed by atoms with E-state index in [0.29, 0.717) is 23.6 Å². The molecule has 96 valence electrons. The van der Waals surface area contributed by atoms with E-state index < -0.39 is 12.0 Å². The van der Waals surface area contributed by atoms with E-state index >= 15 is 0 Å². The van der Waals surface area contributed by atoms with Crippen LogP contribution in [0.4, 0.5) is 0 Å². The van der Waals surface area contributed by atoms with Gasteiger partial charge in [0.25, 0.3) is 5.91 Å². The van der Waals surface area contributed by atoms with Gasteiger partial charge in [-0.25, -0.2) is 4.79 Å². The Morgan fingerprint density at radius 1 is 1.33 bits per heavy atom. The highest BCUT2D eigenvalue weighted by atomic mass is 35.5. The van der Waals surface area contributed by atoms with E-state index in [1.165, 1.54) is 4.90 Å². The maximum absolute atomic E-state index is 12.3. The molecule has 1 aromatic carbocycles. The fourth-order valence-corrected chi connectivity index (χ4v) is 2.41. The molecule has 2 rings (SSSR count). The minimum Gasteiger partial charge on any atom is -0.480 e. The first-order valence-electron chi connectivity index (χ1n) is 5.89. The average molecular weight is 268 g/mol. The van der Waals surface area contributed by atoms with Crippen LogP contribution >= 0.6 is 11.6 Å². The number of likely N-dealkylation sites (tertiary alicyclic amines) is 1. The third-order valence-electron chi connectivity index (χ3n) is 3.12. The van der Waals surface area contributed by atoms with Gasteiger partial charge in [0.1, 0.15) is 6.04 Å². The zero-order valence-electron chi connectivity index (χ0n) is 9.80. The van der Waals surface area contributed by atoms with Gasteiger partial charge in [0.15, 0.2) is 0 Å². The lowest BCUT2D eigenvalue weighted by Gasteiger charge is -2.33. The summed E-state index contributed by atoms with van der Waals surface area (Å²) >= 11 is 5.84. The Bertz CT molecular complexity index is 475. The first-order chi connectivity index (χ1) is 8.59. The molecule has 0 bridgehead atoms. The van der Waals surface area contributed by atoms with Crippen LogP contribution < -0.4 is 0 Å². The molecule has 5 heteroatoms. The number of aliphatic carboxylic acids is 1. The summed E-state index contributed by atoms with van der Waals surface area (Å²) in [6.07, 6.45) is 2.20. The van der Waals surface area contributed by atoms with Crippen molar-refractivity contribution in [2.24, 2.45) is 0 Å². The minimum absolute atomic E-state index is 0.260. The molecule has 0 aromatic heterocycles. The third kappa shape index (κ3) is 2.64. The minimum atomic E-state index is -0.940. The van der Waals surface area contributed by atoms with E-state index in [1.54, 1.807) is 24.3 Å². The summed E-state index contributed by atoms with van der Waals surface area (Å²) in [5.74, 6) is -1.20. The van der Waals surface area contributed by atoms with Crippen LogP contribution in [0.2, 0.25) is 5.02 Å². The molecule has 1 aliphatic heterocycles. The molecular formula is C13H14ClNO3. The Morgan fingerprint density at radius 2 is 2.11 bits per heavy atom. The maximum atomic E-state index is 12.3. The number of carboxylic acids is 1. The summed E-state index contributed by atoms with van der Waals surface area (Å²) in [4.78, 5) is 24.8. The second kappa shape index (κ2) is 5.40. The number of benzene rings is 1. The van der Waals surface area contributed by atoms with E-state index in [4.69, 9.17) is 16.7 Å². The number of piperidine rings is 1. The molecule has 0 spiro atoms. The summed E-state index contributed by atoms with van der Waals surface area (Å²) in [6, 6.07) is 5.88. The first-order valence-corrected chi connectivity index (χ1v) is 6.27. The molecule has 1 fully saturated rings. The average Bonchev–Trinajstić information content (AvgIpc) is 2.38. The summed E-state index contributed by atoms with van der Waals surface area (Å²) in [5, 5.41) is 9.62. The van der Waals surface area contributed by atoms with Crippen molar-refractivity contribution in [3.8, 4) is 0 Å². The van der Waals surface area contributed by atoms with Crippen LogP contribution in [0, 0.1) is 0 Å². The highest BCUT2D eigenvalue weighted by molar-refractivity contribution is 6.30. The van der Waals surface area contributed by atoms with Crippen LogP contribution in [-0.2, 0) is 4.79 Å². The van der Waals surface area contributed by atoms with Crippen LogP contribution in [0.25, 0.3) is 0 Å². The zero-order chi connectivity index (χ0) is 13.1. The van der Waals surface area contributed by atoms with Crippen LogP contribution in [0.1, 0.15) is 29.6 Å². The lowest BCUT2D eigenvalue weighted by molar-refractivity contribution is -0.143. The highest BCUT2D eigenvalue weighted by Gasteiger charge is 2.32. The number of nitrogens with zero attached hydrogens (tertiary/aromatic N) is 1. The van der Waals surface area contributed by atoms with Gasteiger partial charge in [-0.1, -0.05) is 17.7 Å². The molecule has 0 radical (unpaired) electrons. The molecule has 0 saturated carbocycles. The van der Waals surface area contributed by atoms with E-state index in [0.717, 1.165) is 12.8 Å². The summed E-state index contributed by atoms with van der Waals surface area (Å²) < 4.78 is 0. The maximum Gasteiger partial charge on any atom is 0.326 e. The Labute approximate surface area is 110 Å². The molecule has 1 heterocycles. The summed E-state index contributed by atoms with van der Waals surface area (Å²) in [7, 11) is 0. The van der Waals surface area contributed by atoms with Crippen molar-refractivity contribution in [2.75, 3.05) is 6.54 Å². The van der Waals surface area contributed by atoms with Crippen molar-refractivity contribution >= 4 is 23.5 Å². The van der Waals surface area contributed by atoms with Crippen molar-refractivity contribution in [1.82, 2.24) is 4.90 Å². The van der Waals surface area contributed by atoms with Gasteiger partial charge >= 0.3 is 5.97 Å². The number of hydrogen-bond acceptors (Lipinski definition) is 2. The van der Waals surface area contributed by atoms with Gasteiger partial charge in [-0.2, -0.15) is 0 Å². The molecule has 1 atom stereocenters. The lowest BCUT2D eigenvalue weighted by Crippen LogP contribution is -2.47. The van der Waals surface area contributed by atoms with Gasteiger partial charge in [-0.05, 0) is 37.5 Å². The molecule has 1 amide bonds. The predicted octanol–water partition coefficient (Wildman–Crippen LogP) is 2.42. The van der Waals surface area contributed by atoms with E-state index in [2.05, 4.69) is 0 Å². The summed E-state index contributed by atoms with van der Waals surface area (Å²) in [6.45, 7) is 0.488.